The summed E-state index contributed by atoms with van der Waals surface area (Å²) in [6.07, 6.45) is 0. The van der Waals surface area contributed by atoms with Crippen LogP contribution in [0.3, 0.4) is 0 Å². The average molecular weight is 322 g/mol. The number of benzene rings is 1. The van der Waals surface area contributed by atoms with Gasteiger partial charge in [0.1, 0.15) is 17.3 Å². The van der Waals surface area contributed by atoms with E-state index in [0.717, 1.165) is 6.07 Å². The normalized spacial score (nSPS) is 9.14. The molecule has 0 aliphatic carbocycles. The average Bonchev–Trinajstić information content (AvgIpc) is 3.14. The predicted molar refractivity (Wildman–Crippen MR) is 77.3 cm³/mol. The molecule has 0 aliphatic rings. The molecule has 0 bridgehead atoms. The summed E-state index contributed by atoms with van der Waals surface area (Å²) in [4.78, 5) is 11.8. The largest absolute Gasteiger partial charge is 2.00 e. The Bertz CT molecular complexity index is 638. The maximum Gasteiger partial charge on any atom is 2.00 e. The van der Waals surface area contributed by atoms with E-state index in [2.05, 4.69) is 0 Å². The van der Waals surface area contributed by atoms with Crippen molar-refractivity contribution in [2.45, 2.75) is 0 Å². The number of carbonyl (C=O) groups excluding carboxylic acids is 1. The van der Waals surface area contributed by atoms with Crippen LogP contribution in [-0.4, -0.2) is 16.0 Å². The number of phenolic OH excluding ortho intramolecular Hbond substituents is 2. The van der Waals surface area contributed by atoms with Gasteiger partial charge in [0, 0.05) is 11.6 Å². The molecule has 3 aromatic carbocycles. The van der Waals surface area contributed by atoms with Gasteiger partial charge in [-0.25, -0.2) is 12.1 Å². The van der Waals surface area contributed by atoms with E-state index in [9.17, 15) is 9.90 Å². The van der Waals surface area contributed by atoms with Gasteiger partial charge in [0.05, 0.1) is 0 Å². The minimum absolute atomic E-state index is 0. The Labute approximate surface area is 133 Å². The Morgan fingerprint density at radius 2 is 1.67 bits per heavy atom. The van der Waals surface area contributed by atoms with Gasteiger partial charge >= 0.3 is 17.1 Å². The smallest absolute Gasteiger partial charge is 0.508 e. The summed E-state index contributed by atoms with van der Waals surface area (Å²) in [5, 5.41) is 18.6. The molecule has 0 fully saturated rings. The molecule has 0 saturated carbocycles. The van der Waals surface area contributed by atoms with Crippen molar-refractivity contribution >= 4 is 5.78 Å². The van der Waals surface area contributed by atoms with Gasteiger partial charge in [-0.05, 0) is 6.07 Å². The molecular formula is C17H14FeO3. The summed E-state index contributed by atoms with van der Waals surface area (Å²) >= 11 is 0. The van der Waals surface area contributed by atoms with Crippen molar-refractivity contribution in [2.75, 3.05) is 0 Å². The Hall–Kier alpha value is -2.29. The van der Waals surface area contributed by atoms with Crippen LogP contribution < -0.4 is 0 Å². The summed E-state index contributed by atoms with van der Waals surface area (Å²) in [7, 11) is 0. The van der Waals surface area contributed by atoms with E-state index < -0.39 is 0 Å². The molecule has 0 aromatic heterocycles. The molecular weight excluding hydrogens is 308 g/mol. The number of carbonyl (C=O) groups is 1. The number of hydrogen-bond donors (Lipinski definition) is 2. The number of ketones is 1. The van der Waals surface area contributed by atoms with Gasteiger partial charge in [-0.2, -0.15) is 36.4 Å². The molecule has 2 N–H and O–H groups in total. The fraction of sp³-hybridized carbons (Fsp3) is 0. The van der Waals surface area contributed by atoms with Crippen molar-refractivity contribution in [3.63, 3.8) is 0 Å². The standard InChI is InChI=1S/C12H9O3.C5H5.Fe/c13-9-5-6-10(11(14)7-9)12(15)8-3-1-2-4-8;1-2-4-5-3-1;/h1-7,13-14H;1-5H;/q2*-1;+2. The van der Waals surface area contributed by atoms with Crippen LogP contribution in [0.4, 0.5) is 0 Å². The van der Waals surface area contributed by atoms with Gasteiger partial charge in [0.2, 0.25) is 0 Å². The summed E-state index contributed by atoms with van der Waals surface area (Å²) in [5.41, 5.74) is 0.718. The van der Waals surface area contributed by atoms with Crippen molar-refractivity contribution in [3.05, 3.63) is 83.9 Å². The minimum Gasteiger partial charge on any atom is -0.508 e. The van der Waals surface area contributed by atoms with Crippen LogP contribution in [0.1, 0.15) is 15.9 Å². The monoisotopic (exact) mass is 322 g/mol. The van der Waals surface area contributed by atoms with Crippen LogP contribution in [-0.2, 0) is 17.1 Å². The van der Waals surface area contributed by atoms with E-state index >= 15 is 0 Å². The topological polar surface area (TPSA) is 57.5 Å². The first-order chi connectivity index (χ1) is 9.68. The van der Waals surface area contributed by atoms with Gasteiger partial charge in [-0.3, -0.25) is 0 Å². The van der Waals surface area contributed by atoms with E-state index in [4.69, 9.17) is 5.11 Å². The van der Waals surface area contributed by atoms with Crippen molar-refractivity contribution in [1.82, 2.24) is 0 Å². The second kappa shape index (κ2) is 8.10. The minimum atomic E-state index is -0.252. The van der Waals surface area contributed by atoms with Gasteiger partial charge in [0.15, 0.2) is 0 Å². The summed E-state index contributed by atoms with van der Waals surface area (Å²) in [6, 6.07) is 20.8. The molecule has 0 atom stereocenters. The molecule has 0 amide bonds. The van der Waals surface area contributed by atoms with E-state index in [0.29, 0.717) is 5.56 Å². The first kappa shape index (κ1) is 16.8. The van der Waals surface area contributed by atoms with Crippen LogP contribution >= 0.6 is 0 Å². The Morgan fingerprint density at radius 3 is 2.14 bits per heavy atom. The summed E-state index contributed by atoms with van der Waals surface area (Å²) < 4.78 is 0. The van der Waals surface area contributed by atoms with Crippen LogP contribution in [0.2, 0.25) is 0 Å². The molecule has 0 spiro atoms. The van der Waals surface area contributed by atoms with E-state index in [1.165, 1.54) is 12.1 Å². The zero-order valence-electron chi connectivity index (χ0n) is 11.1. The second-order valence-electron chi connectivity index (χ2n) is 4.17. The molecule has 21 heavy (non-hydrogen) atoms. The predicted octanol–water partition coefficient (Wildman–Crippen LogP) is 3.45. The molecule has 3 aromatic rings. The molecule has 0 unspecified atom stereocenters. The van der Waals surface area contributed by atoms with Crippen LogP contribution in [0.25, 0.3) is 0 Å². The fourth-order valence-corrected chi connectivity index (χ4v) is 1.71. The number of hydrogen-bond acceptors (Lipinski definition) is 3. The molecule has 0 heterocycles. The zero-order valence-corrected chi connectivity index (χ0v) is 12.2. The van der Waals surface area contributed by atoms with Crippen LogP contribution in [0.5, 0.6) is 11.5 Å². The first-order valence-electron chi connectivity index (χ1n) is 6.13. The number of rotatable bonds is 2. The van der Waals surface area contributed by atoms with Crippen molar-refractivity contribution < 1.29 is 32.1 Å². The van der Waals surface area contributed by atoms with Gasteiger partial charge in [-0.1, -0.05) is 6.07 Å². The maximum absolute atomic E-state index is 11.8. The maximum atomic E-state index is 11.8. The fourth-order valence-electron chi connectivity index (χ4n) is 1.71. The molecule has 0 aliphatic heterocycles. The molecule has 0 saturated heterocycles. The van der Waals surface area contributed by atoms with Gasteiger partial charge < -0.3 is 15.0 Å². The third-order valence-corrected chi connectivity index (χ3v) is 2.71. The molecule has 0 radical (unpaired) electrons. The molecule has 3 rings (SSSR count). The van der Waals surface area contributed by atoms with E-state index in [1.54, 1.807) is 24.3 Å². The SMILES string of the molecule is O=C(c1ccc[cH-]1)c1ccc(O)cc1O.[Fe+2].c1cc[cH-]c1. The third-order valence-electron chi connectivity index (χ3n) is 2.71. The van der Waals surface area contributed by atoms with Gasteiger partial charge in [0.25, 0.3) is 0 Å². The van der Waals surface area contributed by atoms with Crippen molar-refractivity contribution in [2.24, 2.45) is 0 Å². The number of phenols is 2. The number of aromatic hydroxyl groups is 2. The van der Waals surface area contributed by atoms with Crippen molar-refractivity contribution in [3.8, 4) is 11.5 Å². The second-order valence-corrected chi connectivity index (χ2v) is 4.17. The quantitative estimate of drug-likeness (QED) is 0.432. The van der Waals surface area contributed by atoms with Gasteiger partial charge in [-0.15, -0.1) is 11.6 Å². The third kappa shape index (κ3) is 4.63. The summed E-state index contributed by atoms with van der Waals surface area (Å²) in [5.74, 6) is -0.523. The Kier molecular flexibility index (Phi) is 6.46. The van der Waals surface area contributed by atoms with Crippen LogP contribution in [0, 0.1) is 0 Å². The summed E-state index contributed by atoms with van der Waals surface area (Å²) in [6.45, 7) is 0. The van der Waals surface area contributed by atoms with E-state index in [-0.39, 0.29) is 39.9 Å². The van der Waals surface area contributed by atoms with E-state index in [1.807, 2.05) is 30.3 Å². The first-order valence-corrected chi connectivity index (χ1v) is 6.13. The molecule has 3 nitrogen and oxygen atoms in total. The zero-order chi connectivity index (χ0) is 14.4. The Morgan fingerprint density at radius 1 is 0.952 bits per heavy atom. The molecule has 4 heteroatoms. The van der Waals surface area contributed by atoms with Crippen molar-refractivity contribution in [1.29, 1.82) is 0 Å². The van der Waals surface area contributed by atoms with Crippen LogP contribution in [0.15, 0.2) is 72.8 Å². The molecule has 108 valence electrons. The Balaban J connectivity index is 0.000000313.